The van der Waals surface area contributed by atoms with Gasteiger partial charge in [-0.25, -0.2) is 0 Å². The molecule has 2 aromatic rings. The predicted molar refractivity (Wildman–Crippen MR) is 86.8 cm³/mol. The molecule has 1 amide bonds. The minimum absolute atomic E-state index is 0.0597. The van der Waals surface area contributed by atoms with Crippen LogP contribution in [0.4, 0.5) is 5.13 Å². The molecule has 0 N–H and O–H groups in total. The van der Waals surface area contributed by atoms with Gasteiger partial charge in [-0.15, -0.1) is 10.2 Å². The van der Waals surface area contributed by atoms with Gasteiger partial charge in [-0.05, 0) is 5.92 Å². The highest BCUT2D eigenvalue weighted by Gasteiger charge is 2.50. The van der Waals surface area contributed by atoms with E-state index < -0.39 is 5.41 Å². The highest BCUT2D eigenvalue weighted by Crippen LogP contribution is 2.39. The summed E-state index contributed by atoms with van der Waals surface area (Å²) in [5.41, 5.74) is 0.588. The summed E-state index contributed by atoms with van der Waals surface area (Å²) in [6.45, 7) is 5.09. The lowest BCUT2D eigenvalue weighted by Crippen LogP contribution is -2.57. The molecule has 2 heterocycles. The van der Waals surface area contributed by atoms with Crippen molar-refractivity contribution in [2.75, 3.05) is 25.2 Å². The third-order valence-corrected chi connectivity index (χ3v) is 5.33. The molecule has 1 aliphatic rings. The van der Waals surface area contributed by atoms with Crippen molar-refractivity contribution in [1.29, 1.82) is 0 Å². The van der Waals surface area contributed by atoms with Gasteiger partial charge >= 0.3 is 0 Å². The molecule has 22 heavy (non-hydrogen) atoms. The summed E-state index contributed by atoms with van der Waals surface area (Å²) in [4.78, 5) is 14.4. The van der Waals surface area contributed by atoms with Crippen molar-refractivity contribution in [3.05, 3.63) is 30.3 Å². The number of nitrogens with zero attached hydrogens (tertiary/aromatic N) is 3. The summed E-state index contributed by atoms with van der Waals surface area (Å²) in [7, 11) is 1.76. The van der Waals surface area contributed by atoms with E-state index in [1.807, 2.05) is 30.3 Å². The number of hydrogen-bond acceptors (Lipinski definition) is 5. The van der Waals surface area contributed by atoms with Gasteiger partial charge in [-0.3, -0.25) is 9.69 Å². The van der Waals surface area contributed by atoms with E-state index in [4.69, 9.17) is 4.74 Å². The normalized spacial score (nSPS) is 16.4. The summed E-state index contributed by atoms with van der Waals surface area (Å²) in [6.07, 6.45) is 0. The number of carbonyl (C=O) groups is 1. The van der Waals surface area contributed by atoms with E-state index in [1.54, 1.807) is 11.9 Å². The van der Waals surface area contributed by atoms with Crippen LogP contribution in [0.15, 0.2) is 30.3 Å². The molecular weight excluding hydrogens is 298 g/mol. The third-order valence-electron chi connectivity index (χ3n) is 4.28. The lowest BCUT2D eigenvalue weighted by atomic mass is 9.74. The van der Waals surface area contributed by atoms with Crippen molar-refractivity contribution in [1.82, 2.24) is 10.2 Å². The summed E-state index contributed by atoms with van der Waals surface area (Å²) in [5.74, 6) is 0.294. The molecule has 5 nitrogen and oxygen atoms in total. The number of anilines is 1. The van der Waals surface area contributed by atoms with E-state index in [2.05, 4.69) is 24.0 Å². The first-order chi connectivity index (χ1) is 10.5. The first-order valence-electron chi connectivity index (χ1n) is 7.29. The monoisotopic (exact) mass is 317 g/mol. The summed E-state index contributed by atoms with van der Waals surface area (Å²) in [5, 5.41) is 9.82. The van der Waals surface area contributed by atoms with Gasteiger partial charge in [0.1, 0.15) is 5.01 Å². The molecule has 1 saturated heterocycles. The Kier molecular flexibility index (Phi) is 3.97. The largest absolute Gasteiger partial charge is 0.379 e. The zero-order valence-electron chi connectivity index (χ0n) is 12.9. The lowest BCUT2D eigenvalue weighted by Gasteiger charge is -2.44. The van der Waals surface area contributed by atoms with Crippen LogP contribution in [0.1, 0.15) is 13.8 Å². The zero-order chi connectivity index (χ0) is 15.7. The van der Waals surface area contributed by atoms with Crippen LogP contribution >= 0.6 is 11.3 Å². The second-order valence-corrected chi connectivity index (χ2v) is 6.88. The van der Waals surface area contributed by atoms with Gasteiger partial charge in [-0.1, -0.05) is 55.5 Å². The topological polar surface area (TPSA) is 55.3 Å². The fraction of sp³-hybridized carbons (Fsp3) is 0.438. The summed E-state index contributed by atoms with van der Waals surface area (Å²) >= 11 is 1.43. The zero-order valence-corrected chi connectivity index (χ0v) is 13.8. The van der Waals surface area contributed by atoms with E-state index in [1.165, 1.54) is 11.3 Å². The summed E-state index contributed by atoms with van der Waals surface area (Å²) < 4.78 is 5.30. The van der Waals surface area contributed by atoms with Crippen molar-refractivity contribution in [3.63, 3.8) is 0 Å². The van der Waals surface area contributed by atoms with E-state index in [0.29, 0.717) is 18.3 Å². The lowest BCUT2D eigenvalue weighted by molar-refractivity contribution is -0.168. The van der Waals surface area contributed by atoms with Crippen molar-refractivity contribution in [2.45, 2.75) is 13.8 Å². The van der Waals surface area contributed by atoms with Gasteiger partial charge in [0.15, 0.2) is 0 Å². The fourth-order valence-electron chi connectivity index (χ4n) is 2.50. The Morgan fingerprint density at radius 1 is 1.27 bits per heavy atom. The van der Waals surface area contributed by atoms with Gasteiger partial charge in [0.25, 0.3) is 0 Å². The Balaban J connectivity index is 1.83. The van der Waals surface area contributed by atoms with Gasteiger partial charge in [-0.2, -0.15) is 0 Å². The second-order valence-electron chi connectivity index (χ2n) is 5.92. The molecule has 1 fully saturated rings. The van der Waals surface area contributed by atoms with Gasteiger partial charge in [0.2, 0.25) is 11.0 Å². The van der Waals surface area contributed by atoms with Crippen LogP contribution in [-0.4, -0.2) is 36.4 Å². The first-order valence-corrected chi connectivity index (χ1v) is 8.11. The maximum Gasteiger partial charge on any atom is 0.239 e. The second kappa shape index (κ2) is 5.78. The number of aromatic nitrogens is 2. The highest BCUT2D eigenvalue weighted by atomic mass is 32.1. The minimum atomic E-state index is -0.423. The fourth-order valence-corrected chi connectivity index (χ4v) is 3.31. The Hall–Kier alpha value is -1.79. The number of benzene rings is 1. The van der Waals surface area contributed by atoms with Crippen LogP contribution < -0.4 is 4.90 Å². The molecule has 1 aliphatic heterocycles. The molecule has 0 bridgehead atoms. The predicted octanol–water partition coefficient (Wildman–Crippen LogP) is 2.84. The first kappa shape index (κ1) is 15.1. The van der Waals surface area contributed by atoms with Crippen LogP contribution in [-0.2, 0) is 9.53 Å². The maximum atomic E-state index is 12.8. The van der Waals surface area contributed by atoms with Crippen molar-refractivity contribution < 1.29 is 9.53 Å². The van der Waals surface area contributed by atoms with Gasteiger partial charge < -0.3 is 4.74 Å². The molecule has 6 heteroatoms. The molecule has 3 rings (SSSR count). The van der Waals surface area contributed by atoms with Crippen LogP contribution in [0.3, 0.4) is 0 Å². The van der Waals surface area contributed by atoms with Gasteiger partial charge in [0, 0.05) is 12.6 Å². The quantitative estimate of drug-likeness (QED) is 0.870. The van der Waals surface area contributed by atoms with Crippen LogP contribution in [0, 0.1) is 11.3 Å². The van der Waals surface area contributed by atoms with Gasteiger partial charge in [0.05, 0.1) is 18.6 Å². The van der Waals surface area contributed by atoms with E-state index in [0.717, 1.165) is 10.6 Å². The Labute approximate surface area is 133 Å². The standard InChI is InChI=1S/C16H19N3O2S/c1-11(2)16(9-21-10-16)14(20)19(3)15-18-17-13(22-15)12-7-5-4-6-8-12/h4-8,11H,9-10H2,1-3H3. The molecule has 0 unspecified atom stereocenters. The number of amides is 1. The average molecular weight is 317 g/mol. The van der Waals surface area contributed by atoms with E-state index in [9.17, 15) is 4.79 Å². The molecule has 1 aromatic carbocycles. The van der Waals surface area contributed by atoms with E-state index >= 15 is 0 Å². The Morgan fingerprint density at radius 2 is 1.95 bits per heavy atom. The summed E-state index contributed by atoms with van der Waals surface area (Å²) in [6, 6.07) is 9.86. The Bertz CT molecular complexity index is 665. The molecule has 0 spiro atoms. The number of hydrogen-bond donors (Lipinski definition) is 0. The van der Waals surface area contributed by atoms with Crippen molar-refractivity contribution in [2.24, 2.45) is 11.3 Å². The number of carbonyl (C=O) groups excluding carboxylic acids is 1. The molecule has 0 atom stereocenters. The minimum Gasteiger partial charge on any atom is -0.379 e. The molecule has 116 valence electrons. The molecular formula is C16H19N3O2S. The molecule has 0 aliphatic carbocycles. The maximum absolute atomic E-state index is 12.8. The highest BCUT2D eigenvalue weighted by molar-refractivity contribution is 7.18. The molecule has 1 aromatic heterocycles. The molecule has 0 radical (unpaired) electrons. The van der Waals surface area contributed by atoms with Crippen molar-refractivity contribution in [3.8, 4) is 10.6 Å². The number of ether oxygens (including phenoxy) is 1. The van der Waals surface area contributed by atoms with Crippen LogP contribution in [0.5, 0.6) is 0 Å². The Morgan fingerprint density at radius 3 is 2.50 bits per heavy atom. The van der Waals surface area contributed by atoms with E-state index in [-0.39, 0.29) is 11.8 Å². The van der Waals surface area contributed by atoms with Crippen LogP contribution in [0.2, 0.25) is 0 Å². The van der Waals surface area contributed by atoms with Crippen molar-refractivity contribution >= 4 is 22.4 Å². The number of rotatable bonds is 4. The average Bonchev–Trinajstić information content (AvgIpc) is 2.95. The molecule has 0 saturated carbocycles. The van der Waals surface area contributed by atoms with Crippen LogP contribution in [0.25, 0.3) is 10.6 Å². The SMILES string of the molecule is CC(C)C1(C(=O)N(C)c2nnc(-c3ccccc3)s2)COC1. The smallest absolute Gasteiger partial charge is 0.239 e. The third kappa shape index (κ3) is 2.42.